The van der Waals surface area contributed by atoms with Crippen LogP contribution in [0, 0.1) is 11.8 Å². The fourth-order valence-corrected chi connectivity index (χ4v) is 4.41. The van der Waals surface area contributed by atoms with E-state index in [9.17, 15) is 9.59 Å². The van der Waals surface area contributed by atoms with Crippen molar-refractivity contribution in [1.29, 1.82) is 0 Å². The first-order valence-electron chi connectivity index (χ1n) is 9.63. The van der Waals surface area contributed by atoms with Gasteiger partial charge in [-0.25, -0.2) is 0 Å². The van der Waals surface area contributed by atoms with Crippen molar-refractivity contribution < 1.29 is 19.1 Å². The molecule has 0 spiro atoms. The van der Waals surface area contributed by atoms with E-state index >= 15 is 0 Å². The highest BCUT2D eigenvalue weighted by Crippen LogP contribution is 2.45. The van der Waals surface area contributed by atoms with Gasteiger partial charge in [0.2, 0.25) is 0 Å². The summed E-state index contributed by atoms with van der Waals surface area (Å²) in [4.78, 5) is 25.4. The van der Waals surface area contributed by atoms with Crippen molar-refractivity contribution in [2.24, 2.45) is 11.8 Å². The summed E-state index contributed by atoms with van der Waals surface area (Å²) in [5.41, 5.74) is 2.89. The first-order valence-corrected chi connectivity index (χ1v) is 9.63. The van der Waals surface area contributed by atoms with Gasteiger partial charge in [0, 0.05) is 42.0 Å². The van der Waals surface area contributed by atoms with Gasteiger partial charge in [-0.1, -0.05) is 30.3 Å². The molecule has 0 bridgehead atoms. The third-order valence-corrected chi connectivity index (χ3v) is 6.07. The van der Waals surface area contributed by atoms with E-state index in [4.69, 9.17) is 9.47 Å². The van der Waals surface area contributed by atoms with Gasteiger partial charge in [0.05, 0.1) is 25.4 Å². The topological polar surface area (TPSA) is 76.7 Å². The number of amides is 2. The minimum Gasteiger partial charge on any atom is -0.491 e. The van der Waals surface area contributed by atoms with E-state index < -0.39 is 0 Å². The molecule has 1 unspecified atom stereocenters. The summed E-state index contributed by atoms with van der Waals surface area (Å²) in [7, 11) is 1.58. The number of nitrogens with one attached hydrogen (secondary N) is 2. The quantitative estimate of drug-likeness (QED) is 0.853. The summed E-state index contributed by atoms with van der Waals surface area (Å²) < 4.78 is 11.3. The van der Waals surface area contributed by atoms with Gasteiger partial charge in [-0.05, 0) is 17.7 Å². The maximum atomic E-state index is 12.9. The Bertz CT molecular complexity index is 933. The second kappa shape index (κ2) is 6.63. The molecule has 2 aromatic rings. The van der Waals surface area contributed by atoms with Crippen LogP contribution in [0.5, 0.6) is 5.75 Å². The zero-order valence-electron chi connectivity index (χ0n) is 15.6. The molecule has 0 aromatic heterocycles. The van der Waals surface area contributed by atoms with Crippen LogP contribution in [0.2, 0.25) is 0 Å². The van der Waals surface area contributed by atoms with Crippen molar-refractivity contribution in [1.82, 2.24) is 10.6 Å². The van der Waals surface area contributed by atoms with Crippen molar-refractivity contribution in [2.75, 3.05) is 26.9 Å². The van der Waals surface area contributed by atoms with Crippen LogP contribution < -0.4 is 15.4 Å². The van der Waals surface area contributed by atoms with E-state index in [1.54, 1.807) is 13.1 Å². The molecule has 5 rings (SSSR count). The number of benzene rings is 2. The van der Waals surface area contributed by atoms with Crippen molar-refractivity contribution in [2.45, 2.75) is 12.0 Å². The molecule has 1 saturated carbocycles. The number of hydrogen-bond donors (Lipinski definition) is 2. The Labute approximate surface area is 163 Å². The van der Waals surface area contributed by atoms with Crippen molar-refractivity contribution in [3.63, 3.8) is 0 Å². The number of carbonyl (C=O) groups excluding carboxylic acids is 2. The molecule has 2 aromatic carbocycles. The van der Waals surface area contributed by atoms with Crippen LogP contribution in [0.25, 0.3) is 0 Å². The van der Waals surface area contributed by atoms with E-state index in [1.807, 2.05) is 36.4 Å². The van der Waals surface area contributed by atoms with Crippen LogP contribution in [0.1, 0.15) is 37.8 Å². The normalized spacial score (nSPS) is 26.8. The Kier molecular flexibility index (Phi) is 4.09. The summed E-state index contributed by atoms with van der Waals surface area (Å²) >= 11 is 0. The molecular weight excluding hydrogens is 356 g/mol. The smallest absolute Gasteiger partial charge is 0.254 e. The predicted molar refractivity (Wildman–Crippen MR) is 103 cm³/mol. The largest absolute Gasteiger partial charge is 0.491 e. The van der Waals surface area contributed by atoms with Gasteiger partial charge in [-0.2, -0.15) is 0 Å². The molecule has 28 heavy (non-hydrogen) atoms. The highest BCUT2D eigenvalue weighted by Gasteiger charge is 2.54. The molecule has 0 radical (unpaired) electrons. The minimum absolute atomic E-state index is 0.000983. The molecule has 2 heterocycles. The zero-order valence-corrected chi connectivity index (χ0v) is 15.6. The molecule has 2 N–H and O–H groups in total. The molecule has 6 heteroatoms. The maximum absolute atomic E-state index is 12.9. The van der Waals surface area contributed by atoms with Crippen molar-refractivity contribution in [3.8, 4) is 5.75 Å². The maximum Gasteiger partial charge on any atom is 0.254 e. The monoisotopic (exact) mass is 378 g/mol. The van der Waals surface area contributed by atoms with E-state index in [-0.39, 0.29) is 23.8 Å². The van der Waals surface area contributed by atoms with Crippen molar-refractivity contribution in [3.05, 3.63) is 64.7 Å². The predicted octanol–water partition coefficient (Wildman–Crippen LogP) is 1.95. The van der Waals surface area contributed by atoms with E-state index in [1.165, 1.54) is 0 Å². The summed E-state index contributed by atoms with van der Waals surface area (Å²) in [5, 5.41) is 5.76. The highest BCUT2D eigenvalue weighted by molar-refractivity contribution is 6.02. The summed E-state index contributed by atoms with van der Waals surface area (Å²) in [5.74, 6) is 1.03. The average molecular weight is 378 g/mol. The molecule has 6 nitrogen and oxygen atoms in total. The Morgan fingerprint density at radius 3 is 2.46 bits per heavy atom. The van der Waals surface area contributed by atoms with Crippen LogP contribution >= 0.6 is 0 Å². The Morgan fingerprint density at radius 1 is 1.00 bits per heavy atom. The average Bonchev–Trinajstić information content (AvgIpc) is 3.10. The van der Waals surface area contributed by atoms with Crippen LogP contribution in [0.3, 0.4) is 0 Å². The molecule has 2 aliphatic heterocycles. The standard InChI is InChI=1S/C22H22N2O4/c1-23-22(26)15-8-13(21(25)24-19-17-9-27-10-18(17)19)7-14-16(11-28-20(14)15)12-5-3-2-4-6-12/h2-8,16-19H,9-11H2,1H3,(H,23,26)(H,24,25)/t16-,17-,18+,19?/m1/s1. The molecule has 4 atom stereocenters. The molecule has 1 aliphatic carbocycles. The molecule has 2 fully saturated rings. The number of ether oxygens (including phenoxy) is 2. The third kappa shape index (κ3) is 2.76. The Balaban J connectivity index is 1.50. The van der Waals surface area contributed by atoms with Gasteiger partial charge in [-0.15, -0.1) is 0 Å². The van der Waals surface area contributed by atoms with Gasteiger partial charge >= 0.3 is 0 Å². The first-order chi connectivity index (χ1) is 13.7. The van der Waals surface area contributed by atoms with Crippen LogP contribution in [0.15, 0.2) is 42.5 Å². The lowest BCUT2D eigenvalue weighted by atomic mass is 9.90. The molecule has 3 aliphatic rings. The lowest BCUT2D eigenvalue weighted by molar-refractivity contribution is 0.0929. The summed E-state index contributed by atoms with van der Waals surface area (Å²) in [6.45, 7) is 1.89. The number of hydrogen-bond acceptors (Lipinski definition) is 4. The molecular formula is C22H22N2O4. The van der Waals surface area contributed by atoms with E-state index in [2.05, 4.69) is 10.6 Å². The zero-order chi connectivity index (χ0) is 19.3. The fraction of sp³-hybridized carbons (Fsp3) is 0.364. The summed E-state index contributed by atoms with van der Waals surface area (Å²) in [6, 6.07) is 13.7. The van der Waals surface area contributed by atoms with Gasteiger partial charge in [-0.3, -0.25) is 9.59 Å². The lowest BCUT2D eigenvalue weighted by Crippen LogP contribution is -2.30. The SMILES string of the molecule is CNC(=O)c1cc(C(=O)NC2[C@H]3COC[C@@H]23)cc2c1OC[C@@H]2c1ccccc1. The van der Waals surface area contributed by atoms with Crippen molar-refractivity contribution >= 4 is 11.8 Å². The van der Waals surface area contributed by atoms with Gasteiger partial charge < -0.3 is 20.1 Å². The summed E-state index contributed by atoms with van der Waals surface area (Å²) in [6.07, 6.45) is 0. The fourth-order valence-electron chi connectivity index (χ4n) is 4.41. The second-order valence-electron chi connectivity index (χ2n) is 7.66. The Hall–Kier alpha value is -2.86. The lowest BCUT2D eigenvalue weighted by Gasteiger charge is -2.13. The second-order valence-corrected chi connectivity index (χ2v) is 7.66. The van der Waals surface area contributed by atoms with Crippen LogP contribution in [-0.2, 0) is 4.74 Å². The number of fused-ring (bicyclic) bond motifs is 2. The number of rotatable bonds is 4. The molecule has 2 amide bonds. The van der Waals surface area contributed by atoms with E-state index in [0.29, 0.717) is 48.5 Å². The van der Waals surface area contributed by atoms with Gasteiger partial charge in [0.25, 0.3) is 11.8 Å². The van der Waals surface area contributed by atoms with Gasteiger partial charge in [0.15, 0.2) is 0 Å². The number of carbonyl (C=O) groups is 2. The van der Waals surface area contributed by atoms with Gasteiger partial charge in [0.1, 0.15) is 5.75 Å². The Morgan fingerprint density at radius 2 is 1.75 bits per heavy atom. The third-order valence-electron chi connectivity index (χ3n) is 6.07. The molecule has 1 saturated heterocycles. The van der Waals surface area contributed by atoms with Crippen LogP contribution in [-0.4, -0.2) is 44.7 Å². The first kappa shape index (κ1) is 17.3. The minimum atomic E-state index is -0.253. The molecule has 144 valence electrons. The highest BCUT2D eigenvalue weighted by atomic mass is 16.5. The van der Waals surface area contributed by atoms with E-state index in [0.717, 1.165) is 11.1 Å². The van der Waals surface area contributed by atoms with Crippen LogP contribution in [0.4, 0.5) is 0 Å².